The molecule has 1 N–H and O–H groups in total. The highest BCUT2D eigenvalue weighted by Crippen LogP contribution is 2.37. The van der Waals surface area contributed by atoms with Crippen LogP contribution >= 0.6 is 11.3 Å². The first-order valence-electron chi connectivity index (χ1n) is 6.26. The number of aromatic nitrogens is 1. The lowest BCUT2D eigenvalue weighted by atomic mass is 9.96. The maximum Gasteiger partial charge on any atom is 0.0985 e. The van der Waals surface area contributed by atoms with Crippen LogP contribution in [-0.4, -0.2) is 11.5 Å². The fourth-order valence-corrected chi connectivity index (χ4v) is 3.46. The molecule has 0 radical (unpaired) electrons. The Hall–Kier alpha value is -0.410. The van der Waals surface area contributed by atoms with Crippen LogP contribution in [0.4, 0.5) is 0 Å². The Bertz CT molecular complexity index is 362. The van der Waals surface area contributed by atoms with Gasteiger partial charge in [0.15, 0.2) is 0 Å². The summed E-state index contributed by atoms with van der Waals surface area (Å²) >= 11 is 1.92. The van der Waals surface area contributed by atoms with Crippen molar-refractivity contribution in [2.24, 2.45) is 0 Å². The second kappa shape index (κ2) is 4.46. The zero-order chi connectivity index (χ0) is 11.8. The first-order valence-corrected chi connectivity index (χ1v) is 7.07. The highest BCUT2D eigenvalue weighted by atomic mass is 32.1. The van der Waals surface area contributed by atoms with Gasteiger partial charge in [-0.05, 0) is 25.8 Å². The molecule has 2 rings (SSSR count). The smallest absolute Gasteiger partial charge is 0.0985 e. The number of nitrogens with one attached hydrogen (secondary N) is 1. The van der Waals surface area contributed by atoms with Gasteiger partial charge in [-0.2, -0.15) is 0 Å². The third kappa shape index (κ3) is 2.30. The van der Waals surface area contributed by atoms with Gasteiger partial charge in [-0.1, -0.05) is 27.7 Å². The fourth-order valence-electron chi connectivity index (χ4n) is 2.18. The molecule has 1 aliphatic rings. The van der Waals surface area contributed by atoms with E-state index in [0.717, 1.165) is 6.54 Å². The van der Waals surface area contributed by atoms with Crippen molar-refractivity contribution >= 4 is 11.3 Å². The third-order valence-corrected chi connectivity index (χ3v) is 4.68. The van der Waals surface area contributed by atoms with Crippen molar-refractivity contribution in [1.82, 2.24) is 10.3 Å². The molecule has 0 fully saturated rings. The molecule has 1 aliphatic carbocycles. The van der Waals surface area contributed by atoms with Gasteiger partial charge in [0.1, 0.15) is 0 Å². The lowest BCUT2D eigenvalue weighted by molar-refractivity contribution is 0.475. The molecule has 1 heterocycles. The van der Waals surface area contributed by atoms with E-state index in [0.29, 0.717) is 6.04 Å². The molecule has 0 amide bonds. The Kier molecular flexibility index (Phi) is 3.36. The highest BCUT2D eigenvalue weighted by Gasteiger charge is 2.27. The molecule has 0 aromatic carbocycles. The lowest BCUT2D eigenvalue weighted by Crippen LogP contribution is -2.23. The van der Waals surface area contributed by atoms with Crippen molar-refractivity contribution in [3.05, 3.63) is 15.6 Å². The fraction of sp³-hybridized carbons (Fsp3) is 0.769. The highest BCUT2D eigenvalue weighted by molar-refractivity contribution is 7.12. The minimum absolute atomic E-state index is 0.193. The summed E-state index contributed by atoms with van der Waals surface area (Å²) in [7, 11) is 0. The van der Waals surface area contributed by atoms with Crippen LogP contribution in [0.3, 0.4) is 0 Å². The predicted octanol–water partition coefficient (Wildman–Crippen LogP) is 3.43. The molecule has 0 aliphatic heterocycles. The molecule has 1 aromatic rings. The number of hydrogen-bond donors (Lipinski definition) is 1. The first kappa shape index (κ1) is 12.1. The summed E-state index contributed by atoms with van der Waals surface area (Å²) in [6.07, 6.45) is 3.72. The number of nitrogens with zero attached hydrogens (tertiary/aromatic N) is 1. The Morgan fingerprint density at radius 1 is 1.44 bits per heavy atom. The van der Waals surface area contributed by atoms with Crippen molar-refractivity contribution in [3.63, 3.8) is 0 Å². The molecular weight excluding hydrogens is 216 g/mol. The predicted molar refractivity (Wildman–Crippen MR) is 70.2 cm³/mol. The minimum Gasteiger partial charge on any atom is -0.309 e. The summed E-state index contributed by atoms with van der Waals surface area (Å²) in [5, 5.41) is 4.87. The topological polar surface area (TPSA) is 24.9 Å². The quantitative estimate of drug-likeness (QED) is 0.854. The van der Waals surface area contributed by atoms with Gasteiger partial charge in [0.05, 0.1) is 10.7 Å². The largest absolute Gasteiger partial charge is 0.309 e. The van der Waals surface area contributed by atoms with Crippen molar-refractivity contribution in [2.45, 2.75) is 58.4 Å². The first-order chi connectivity index (χ1) is 7.52. The van der Waals surface area contributed by atoms with Gasteiger partial charge >= 0.3 is 0 Å². The van der Waals surface area contributed by atoms with Gasteiger partial charge in [0.2, 0.25) is 0 Å². The van der Waals surface area contributed by atoms with E-state index < -0.39 is 0 Å². The van der Waals surface area contributed by atoms with Crippen LogP contribution in [0.5, 0.6) is 0 Å². The van der Waals surface area contributed by atoms with Crippen LogP contribution in [0, 0.1) is 0 Å². The Labute approximate surface area is 102 Å². The van der Waals surface area contributed by atoms with E-state index in [1.807, 2.05) is 11.3 Å². The van der Waals surface area contributed by atoms with E-state index in [1.54, 1.807) is 0 Å². The maximum atomic E-state index is 4.83. The molecule has 0 spiro atoms. The van der Waals surface area contributed by atoms with Gasteiger partial charge in [0, 0.05) is 16.3 Å². The van der Waals surface area contributed by atoms with Crippen LogP contribution in [0.15, 0.2) is 0 Å². The van der Waals surface area contributed by atoms with E-state index in [9.17, 15) is 0 Å². The van der Waals surface area contributed by atoms with Gasteiger partial charge in [-0.15, -0.1) is 11.3 Å². The van der Waals surface area contributed by atoms with E-state index in [-0.39, 0.29) is 5.41 Å². The van der Waals surface area contributed by atoms with Gasteiger partial charge in [0.25, 0.3) is 0 Å². The van der Waals surface area contributed by atoms with Crippen molar-refractivity contribution < 1.29 is 0 Å². The standard InChI is InChI=1S/C13H22N2S/c1-5-14-9-7-6-8-10-11(9)16-12(15-10)13(2,3)4/h9,14H,5-8H2,1-4H3. The van der Waals surface area contributed by atoms with Crippen LogP contribution < -0.4 is 5.32 Å². The zero-order valence-electron chi connectivity index (χ0n) is 10.8. The minimum atomic E-state index is 0.193. The Balaban J connectivity index is 2.31. The van der Waals surface area contributed by atoms with Crippen molar-refractivity contribution in [3.8, 4) is 0 Å². The molecule has 1 atom stereocenters. The molecule has 0 bridgehead atoms. The second-order valence-electron chi connectivity index (χ2n) is 5.58. The van der Waals surface area contributed by atoms with E-state index in [1.165, 1.54) is 34.8 Å². The van der Waals surface area contributed by atoms with Crippen LogP contribution in [0.1, 0.15) is 62.2 Å². The summed E-state index contributed by atoms with van der Waals surface area (Å²) < 4.78 is 0. The molecule has 90 valence electrons. The van der Waals surface area contributed by atoms with Crippen LogP contribution in [0.25, 0.3) is 0 Å². The summed E-state index contributed by atoms with van der Waals surface area (Å²) in [6, 6.07) is 0.558. The molecule has 0 saturated heterocycles. The summed E-state index contributed by atoms with van der Waals surface area (Å²) in [4.78, 5) is 6.33. The van der Waals surface area contributed by atoms with E-state index in [2.05, 4.69) is 33.0 Å². The summed E-state index contributed by atoms with van der Waals surface area (Å²) in [5.41, 5.74) is 1.55. The number of aryl methyl sites for hydroxylation is 1. The summed E-state index contributed by atoms with van der Waals surface area (Å²) in [5.74, 6) is 0. The van der Waals surface area contributed by atoms with Crippen molar-refractivity contribution in [2.75, 3.05) is 6.54 Å². The number of fused-ring (bicyclic) bond motifs is 1. The lowest BCUT2D eigenvalue weighted by Gasteiger charge is -2.21. The molecular formula is C13H22N2S. The van der Waals surface area contributed by atoms with E-state index >= 15 is 0 Å². The SMILES string of the molecule is CCNC1CCCc2nc(C(C)(C)C)sc21. The Morgan fingerprint density at radius 2 is 2.19 bits per heavy atom. The Morgan fingerprint density at radius 3 is 2.81 bits per heavy atom. The average molecular weight is 238 g/mol. The summed E-state index contributed by atoms with van der Waals surface area (Å²) in [6.45, 7) is 9.98. The molecule has 0 saturated carbocycles. The monoisotopic (exact) mass is 238 g/mol. The molecule has 1 unspecified atom stereocenters. The van der Waals surface area contributed by atoms with Crippen LogP contribution in [0.2, 0.25) is 0 Å². The van der Waals surface area contributed by atoms with Gasteiger partial charge in [-0.3, -0.25) is 0 Å². The second-order valence-corrected chi connectivity index (χ2v) is 6.61. The number of hydrogen-bond acceptors (Lipinski definition) is 3. The van der Waals surface area contributed by atoms with Crippen LogP contribution in [-0.2, 0) is 11.8 Å². The zero-order valence-corrected chi connectivity index (χ0v) is 11.6. The number of rotatable bonds is 2. The normalized spacial score (nSPS) is 20.9. The van der Waals surface area contributed by atoms with Gasteiger partial charge in [-0.25, -0.2) is 4.98 Å². The molecule has 2 nitrogen and oxygen atoms in total. The number of thiazole rings is 1. The molecule has 1 aromatic heterocycles. The van der Waals surface area contributed by atoms with Gasteiger partial charge < -0.3 is 5.32 Å². The van der Waals surface area contributed by atoms with Crippen molar-refractivity contribution in [1.29, 1.82) is 0 Å². The van der Waals surface area contributed by atoms with E-state index in [4.69, 9.17) is 4.98 Å². The molecule has 16 heavy (non-hydrogen) atoms. The molecule has 3 heteroatoms. The third-order valence-electron chi connectivity index (χ3n) is 3.04. The maximum absolute atomic E-state index is 4.83. The average Bonchev–Trinajstić information content (AvgIpc) is 2.62.